The summed E-state index contributed by atoms with van der Waals surface area (Å²) in [6.45, 7) is 2.18. The first-order valence-electron chi connectivity index (χ1n) is 8.48. The molecule has 1 aliphatic heterocycles. The molecule has 1 heterocycles. The number of anilines is 1. The molecule has 0 saturated heterocycles. The fourth-order valence-electron chi connectivity index (χ4n) is 4.11. The second-order valence-corrected chi connectivity index (χ2v) is 6.56. The molecule has 1 N–H and O–H groups in total. The summed E-state index contributed by atoms with van der Waals surface area (Å²) in [5, 5.41) is 14.6. The first-order chi connectivity index (χ1) is 11.7. The molecule has 4 heteroatoms. The first kappa shape index (κ1) is 14.9. The van der Waals surface area contributed by atoms with Crippen LogP contribution in [0.25, 0.3) is 0 Å². The van der Waals surface area contributed by atoms with Gasteiger partial charge in [0.05, 0.1) is 11.0 Å². The maximum atomic E-state index is 10.9. The molecule has 0 unspecified atom stereocenters. The van der Waals surface area contributed by atoms with Gasteiger partial charge >= 0.3 is 0 Å². The number of nitrogens with zero attached hydrogens (tertiary/aromatic N) is 1. The molecule has 4 rings (SSSR count). The highest BCUT2D eigenvalue weighted by atomic mass is 16.6. The van der Waals surface area contributed by atoms with Gasteiger partial charge in [0.15, 0.2) is 0 Å². The van der Waals surface area contributed by atoms with E-state index >= 15 is 0 Å². The number of aryl methyl sites for hydroxylation is 1. The lowest BCUT2D eigenvalue weighted by molar-refractivity contribution is -0.384. The number of nitrogens with one attached hydrogen (secondary N) is 1. The molecular weight excluding hydrogens is 300 g/mol. The van der Waals surface area contributed by atoms with Crippen LogP contribution in [0, 0.1) is 16.0 Å². The summed E-state index contributed by atoms with van der Waals surface area (Å²) in [5.74, 6) is 0.888. The van der Waals surface area contributed by atoms with Gasteiger partial charge in [-0.2, -0.15) is 0 Å². The van der Waals surface area contributed by atoms with Crippen molar-refractivity contribution in [1.29, 1.82) is 0 Å². The van der Waals surface area contributed by atoms with Crippen molar-refractivity contribution in [2.45, 2.75) is 31.7 Å². The summed E-state index contributed by atoms with van der Waals surface area (Å²) in [4.78, 5) is 10.6. The maximum absolute atomic E-state index is 10.9. The van der Waals surface area contributed by atoms with E-state index in [0.717, 1.165) is 18.4 Å². The number of rotatable bonds is 3. The van der Waals surface area contributed by atoms with Crippen molar-refractivity contribution in [3.8, 4) is 0 Å². The zero-order valence-electron chi connectivity index (χ0n) is 13.6. The summed E-state index contributed by atoms with van der Waals surface area (Å²) in [6.07, 6.45) is 6.62. The molecule has 2 aromatic carbocycles. The summed E-state index contributed by atoms with van der Waals surface area (Å²) >= 11 is 0. The number of hydrogen-bond donors (Lipinski definition) is 1. The third kappa shape index (κ3) is 2.30. The Morgan fingerprint density at radius 1 is 1.21 bits per heavy atom. The Morgan fingerprint density at radius 2 is 2.00 bits per heavy atom. The van der Waals surface area contributed by atoms with Gasteiger partial charge in [0, 0.05) is 23.7 Å². The number of nitro benzene ring substituents is 1. The molecule has 2 aliphatic rings. The third-order valence-electron chi connectivity index (χ3n) is 5.33. The lowest BCUT2D eigenvalue weighted by atomic mass is 9.76. The molecule has 122 valence electrons. The van der Waals surface area contributed by atoms with Crippen LogP contribution in [-0.4, -0.2) is 4.92 Å². The van der Waals surface area contributed by atoms with Crippen molar-refractivity contribution >= 4 is 11.4 Å². The lowest BCUT2D eigenvalue weighted by Gasteiger charge is -2.38. The monoisotopic (exact) mass is 320 g/mol. The molecule has 0 fully saturated rings. The normalized spacial score (nSPS) is 24.1. The van der Waals surface area contributed by atoms with E-state index in [1.165, 1.54) is 16.8 Å². The van der Waals surface area contributed by atoms with E-state index in [-0.39, 0.29) is 16.7 Å². The van der Waals surface area contributed by atoms with E-state index in [9.17, 15) is 10.1 Å². The maximum Gasteiger partial charge on any atom is 0.269 e. The molecule has 4 nitrogen and oxygen atoms in total. The zero-order chi connectivity index (χ0) is 16.7. The van der Waals surface area contributed by atoms with Crippen LogP contribution in [0.4, 0.5) is 11.4 Å². The topological polar surface area (TPSA) is 55.2 Å². The summed E-state index contributed by atoms with van der Waals surface area (Å²) in [6, 6.07) is 13.7. The highest BCUT2D eigenvalue weighted by Gasteiger charge is 2.38. The molecular formula is C20H20N2O2. The van der Waals surface area contributed by atoms with E-state index in [2.05, 4.69) is 42.6 Å². The van der Waals surface area contributed by atoms with Crippen LogP contribution in [0.1, 0.15) is 42.0 Å². The smallest absolute Gasteiger partial charge is 0.269 e. The highest BCUT2D eigenvalue weighted by molar-refractivity contribution is 5.64. The van der Waals surface area contributed by atoms with Gasteiger partial charge in [0.2, 0.25) is 0 Å². The lowest BCUT2D eigenvalue weighted by Crippen LogP contribution is -2.29. The van der Waals surface area contributed by atoms with Crippen molar-refractivity contribution in [3.05, 3.63) is 81.4 Å². The number of para-hydroxylation sites is 1. The van der Waals surface area contributed by atoms with Crippen LogP contribution in [0.2, 0.25) is 0 Å². The van der Waals surface area contributed by atoms with Crippen LogP contribution < -0.4 is 5.32 Å². The largest absolute Gasteiger partial charge is 0.377 e. The molecule has 0 spiro atoms. The SMILES string of the molecule is CCc1cccc2c1N[C@@H](c1ccc([N+](=O)[O-])cc1)[C@@H]1CC=C[C@H]21. The number of nitro groups is 1. The summed E-state index contributed by atoms with van der Waals surface area (Å²) in [7, 11) is 0. The molecule has 0 aromatic heterocycles. The minimum Gasteiger partial charge on any atom is -0.377 e. The van der Waals surface area contributed by atoms with E-state index in [1.807, 2.05) is 12.1 Å². The highest BCUT2D eigenvalue weighted by Crippen LogP contribution is 2.50. The average Bonchev–Trinajstić information content (AvgIpc) is 3.10. The van der Waals surface area contributed by atoms with Gasteiger partial charge < -0.3 is 5.32 Å². The fraction of sp³-hybridized carbons (Fsp3) is 0.300. The molecule has 0 radical (unpaired) electrons. The fourth-order valence-corrected chi connectivity index (χ4v) is 4.11. The molecule has 1 aliphatic carbocycles. The van der Waals surface area contributed by atoms with Gasteiger partial charge in [0.25, 0.3) is 5.69 Å². The van der Waals surface area contributed by atoms with Crippen molar-refractivity contribution in [3.63, 3.8) is 0 Å². The summed E-state index contributed by atoms with van der Waals surface area (Å²) < 4.78 is 0. The van der Waals surface area contributed by atoms with Crippen molar-refractivity contribution < 1.29 is 4.92 Å². The van der Waals surface area contributed by atoms with Crippen LogP contribution >= 0.6 is 0 Å². The van der Waals surface area contributed by atoms with Gasteiger partial charge in [-0.3, -0.25) is 10.1 Å². The standard InChI is InChI=1S/C20H20N2O2/c1-2-13-5-3-7-17-16-6-4-8-18(16)20(21-19(13)17)14-9-11-15(12-10-14)22(23)24/h3-7,9-12,16,18,20-21H,2,8H2,1H3/t16-,18-,20+/m1/s1. The van der Waals surface area contributed by atoms with Gasteiger partial charge in [0.1, 0.15) is 0 Å². The Hall–Kier alpha value is -2.62. The minimum absolute atomic E-state index is 0.144. The van der Waals surface area contributed by atoms with Gasteiger partial charge in [-0.05, 0) is 35.4 Å². The van der Waals surface area contributed by atoms with Gasteiger partial charge in [-0.25, -0.2) is 0 Å². The Morgan fingerprint density at radius 3 is 2.71 bits per heavy atom. The Balaban J connectivity index is 1.76. The van der Waals surface area contributed by atoms with Crippen molar-refractivity contribution in [1.82, 2.24) is 0 Å². The van der Waals surface area contributed by atoms with Crippen molar-refractivity contribution in [2.24, 2.45) is 5.92 Å². The Bertz CT molecular complexity index is 811. The van der Waals surface area contributed by atoms with Crippen molar-refractivity contribution in [2.75, 3.05) is 5.32 Å². The predicted molar refractivity (Wildman–Crippen MR) is 95.3 cm³/mol. The predicted octanol–water partition coefficient (Wildman–Crippen LogP) is 4.98. The molecule has 3 atom stereocenters. The second kappa shape index (κ2) is 5.78. The number of allylic oxidation sites excluding steroid dienone is 2. The first-order valence-corrected chi connectivity index (χ1v) is 8.48. The number of hydrogen-bond acceptors (Lipinski definition) is 3. The van der Waals surface area contributed by atoms with Gasteiger partial charge in [-0.15, -0.1) is 0 Å². The molecule has 0 amide bonds. The second-order valence-electron chi connectivity index (χ2n) is 6.56. The van der Waals surface area contributed by atoms with Gasteiger partial charge in [-0.1, -0.05) is 49.4 Å². The van der Waals surface area contributed by atoms with E-state index in [4.69, 9.17) is 0 Å². The average molecular weight is 320 g/mol. The van der Waals surface area contributed by atoms with E-state index < -0.39 is 0 Å². The molecule has 0 bridgehead atoms. The van der Waals surface area contributed by atoms with E-state index in [0.29, 0.717) is 11.8 Å². The molecule has 24 heavy (non-hydrogen) atoms. The minimum atomic E-state index is -0.345. The molecule has 2 aromatic rings. The number of benzene rings is 2. The van der Waals surface area contributed by atoms with Crippen LogP contribution in [0.5, 0.6) is 0 Å². The quantitative estimate of drug-likeness (QED) is 0.493. The third-order valence-corrected chi connectivity index (χ3v) is 5.33. The van der Waals surface area contributed by atoms with E-state index in [1.54, 1.807) is 12.1 Å². The van der Waals surface area contributed by atoms with Crippen LogP contribution in [0.3, 0.4) is 0 Å². The zero-order valence-corrected chi connectivity index (χ0v) is 13.6. The Labute approximate surface area is 141 Å². The number of fused-ring (bicyclic) bond motifs is 3. The number of non-ortho nitro benzene ring substituents is 1. The summed E-state index contributed by atoms with van der Waals surface area (Å²) in [5.41, 5.74) is 5.22. The molecule has 0 saturated carbocycles. The van der Waals surface area contributed by atoms with Crippen LogP contribution in [-0.2, 0) is 6.42 Å². The van der Waals surface area contributed by atoms with Crippen LogP contribution in [0.15, 0.2) is 54.6 Å². The Kier molecular flexibility index (Phi) is 3.60.